The molecular weight excluding hydrogens is 266 g/mol. The third-order valence-electron chi connectivity index (χ3n) is 3.22. The van der Waals surface area contributed by atoms with E-state index in [4.69, 9.17) is 12.2 Å². The maximum Gasteiger partial charge on any atom is 0.222 e. The topological polar surface area (TPSA) is 64.9 Å². The summed E-state index contributed by atoms with van der Waals surface area (Å²) < 4.78 is 0. The average molecular weight is 281 g/mol. The fraction of sp³-hybridized carbons (Fsp3) is 0.583. The van der Waals surface area contributed by atoms with Gasteiger partial charge in [-0.25, -0.2) is 0 Å². The lowest BCUT2D eigenvalue weighted by molar-refractivity contribution is -0.117. The van der Waals surface area contributed by atoms with Gasteiger partial charge in [0, 0.05) is 18.1 Å². The van der Waals surface area contributed by atoms with E-state index in [0.717, 1.165) is 23.4 Å². The van der Waals surface area contributed by atoms with Crippen molar-refractivity contribution in [1.29, 1.82) is 5.26 Å². The number of carbonyl (C=O) groups excluding carboxylic acids is 1. The van der Waals surface area contributed by atoms with E-state index in [1.165, 1.54) is 19.8 Å². The quantitative estimate of drug-likeness (QED) is 0.720. The van der Waals surface area contributed by atoms with E-state index < -0.39 is 0 Å². The van der Waals surface area contributed by atoms with Gasteiger partial charge in [0.15, 0.2) is 5.11 Å². The van der Waals surface area contributed by atoms with Gasteiger partial charge >= 0.3 is 0 Å². The Morgan fingerprint density at radius 2 is 2.22 bits per heavy atom. The standard InChI is InChI=1S/C12H15N3OS2/c1-7(16)14-12(17)15-11-9(6-13)8-4-2-3-5-10(8)18-11/h8,10H,2-5H2,1H3,(H2,14,15,16,17)/t8-,10-/m0/s1. The molecule has 1 aliphatic carbocycles. The van der Waals surface area contributed by atoms with Crippen molar-refractivity contribution >= 4 is 35.0 Å². The third kappa shape index (κ3) is 2.85. The lowest BCUT2D eigenvalue weighted by Crippen LogP contribution is -2.37. The smallest absolute Gasteiger partial charge is 0.222 e. The van der Waals surface area contributed by atoms with Crippen LogP contribution in [0.5, 0.6) is 0 Å². The Balaban J connectivity index is 2.08. The number of nitriles is 1. The number of thiocarbonyl (C=S) groups is 1. The third-order valence-corrected chi connectivity index (χ3v) is 4.85. The lowest BCUT2D eigenvalue weighted by Gasteiger charge is -2.24. The van der Waals surface area contributed by atoms with E-state index >= 15 is 0 Å². The minimum absolute atomic E-state index is 0.202. The fourth-order valence-corrected chi connectivity index (χ4v) is 4.30. The lowest BCUT2D eigenvalue weighted by atomic mass is 9.84. The van der Waals surface area contributed by atoms with Crippen LogP contribution in [0, 0.1) is 17.2 Å². The Hall–Kier alpha value is -1.06. The highest BCUT2D eigenvalue weighted by Crippen LogP contribution is 2.47. The van der Waals surface area contributed by atoms with E-state index in [2.05, 4.69) is 16.7 Å². The fourth-order valence-electron chi connectivity index (χ4n) is 2.48. The second kappa shape index (κ2) is 5.72. The molecule has 0 aromatic heterocycles. The highest BCUT2D eigenvalue weighted by Gasteiger charge is 2.37. The highest BCUT2D eigenvalue weighted by atomic mass is 32.2. The van der Waals surface area contributed by atoms with Crippen LogP contribution in [-0.2, 0) is 4.79 Å². The van der Waals surface area contributed by atoms with Crippen molar-refractivity contribution in [1.82, 2.24) is 10.6 Å². The van der Waals surface area contributed by atoms with Gasteiger partial charge in [-0.1, -0.05) is 12.8 Å². The summed E-state index contributed by atoms with van der Waals surface area (Å²) in [5.41, 5.74) is 0.803. The first-order chi connectivity index (χ1) is 8.61. The van der Waals surface area contributed by atoms with Crippen molar-refractivity contribution < 1.29 is 4.79 Å². The minimum Gasteiger partial charge on any atom is -0.326 e. The Kier molecular flexibility index (Phi) is 4.25. The summed E-state index contributed by atoms with van der Waals surface area (Å²) in [4.78, 5) is 10.9. The summed E-state index contributed by atoms with van der Waals surface area (Å²) in [5, 5.41) is 16.4. The van der Waals surface area contributed by atoms with Gasteiger partial charge in [0.2, 0.25) is 5.91 Å². The molecule has 1 fully saturated rings. The van der Waals surface area contributed by atoms with Crippen molar-refractivity contribution in [3.8, 4) is 6.07 Å². The number of allylic oxidation sites excluding steroid dienone is 1. The zero-order valence-corrected chi connectivity index (χ0v) is 11.8. The maximum atomic E-state index is 10.9. The number of rotatable bonds is 1. The van der Waals surface area contributed by atoms with Gasteiger partial charge in [0.1, 0.15) is 0 Å². The molecule has 0 aromatic rings. The first kappa shape index (κ1) is 13.4. The summed E-state index contributed by atoms with van der Waals surface area (Å²) in [5.74, 6) is 0.156. The van der Waals surface area contributed by atoms with E-state index in [1.807, 2.05) is 0 Å². The van der Waals surface area contributed by atoms with Crippen LogP contribution in [0.3, 0.4) is 0 Å². The Morgan fingerprint density at radius 3 is 2.89 bits per heavy atom. The first-order valence-corrected chi connectivity index (χ1v) is 7.30. The van der Waals surface area contributed by atoms with Crippen molar-refractivity contribution in [2.24, 2.45) is 5.92 Å². The van der Waals surface area contributed by atoms with Crippen molar-refractivity contribution in [3.63, 3.8) is 0 Å². The number of thioether (sulfide) groups is 1. The summed E-state index contributed by atoms with van der Waals surface area (Å²) in [6, 6.07) is 2.30. The van der Waals surface area contributed by atoms with Crippen LogP contribution in [-0.4, -0.2) is 16.3 Å². The molecule has 2 aliphatic rings. The van der Waals surface area contributed by atoms with E-state index in [-0.39, 0.29) is 11.0 Å². The van der Waals surface area contributed by atoms with Crippen LogP contribution >= 0.6 is 24.0 Å². The van der Waals surface area contributed by atoms with Gasteiger partial charge in [-0.3, -0.25) is 4.79 Å². The SMILES string of the molecule is CC(=O)NC(=S)NC1=C(C#N)[C@@H]2CCCC[C@@H]2S1. The average Bonchev–Trinajstić information content (AvgIpc) is 2.64. The number of carbonyl (C=O) groups is 1. The summed E-state index contributed by atoms with van der Waals surface area (Å²) in [7, 11) is 0. The molecule has 0 radical (unpaired) electrons. The number of fused-ring (bicyclic) bond motifs is 1. The number of nitrogens with one attached hydrogen (secondary N) is 2. The molecule has 1 amide bonds. The molecule has 18 heavy (non-hydrogen) atoms. The second-order valence-corrected chi connectivity index (χ2v) is 6.19. The van der Waals surface area contributed by atoms with Gasteiger partial charge in [0.25, 0.3) is 0 Å². The molecule has 6 heteroatoms. The second-order valence-electron chi connectivity index (χ2n) is 4.54. The van der Waals surface area contributed by atoms with Crippen LogP contribution in [0.15, 0.2) is 10.6 Å². The van der Waals surface area contributed by atoms with Crippen molar-refractivity contribution in [2.45, 2.75) is 37.9 Å². The van der Waals surface area contributed by atoms with Crippen molar-refractivity contribution in [3.05, 3.63) is 10.6 Å². The molecule has 1 heterocycles. The van der Waals surface area contributed by atoms with Gasteiger partial charge in [-0.05, 0) is 25.1 Å². The van der Waals surface area contributed by atoms with E-state index in [1.54, 1.807) is 11.8 Å². The van der Waals surface area contributed by atoms with Gasteiger partial charge < -0.3 is 10.6 Å². The minimum atomic E-state index is -0.202. The molecule has 0 spiro atoms. The molecule has 4 nitrogen and oxygen atoms in total. The Bertz CT molecular complexity index is 453. The van der Waals surface area contributed by atoms with Gasteiger partial charge in [-0.15, -0.1) is 11.8 Å². The zero-order valence-electron chi connectivity index (χ0n) is 10.2. The first-order valence-electron chi connectivity index (χ1n) is 6.01. The maximum absolute atomic E-state index is 10.9. The molecule has 1 saturated carbocycles. The molecule has 0 unspecified atom stereocenters. The number of hydrogen-bond donors (Lipinski definition) is 2. The molecule has 0 aromatic carbocycles. The van der Waals surface area contributed by atoms with E-state index in [9.17, 15) is 10.1 Å². The molecule has 1 aliphatic heterocycles. The monoisotopic (exact) mass is 281 g/mol. The molecule has 2 N–H and O–H groups in total. The Morgan fingerprint density at radius 1 is 1.50 bits per heavy atom. The predicted octanol–water partition coefficient (Wildman–Crippen LogP) is 2.04. The van der Waals surface area contributed by atoms with Gasteiger partial charge in [0.05, 0.1) is 16.7 Å². The molecule has 96 valence electrons. The normalized spacial score (nSPS) is 26.2. The van der Waals surface area contributed by atoms with Gasteiger partial charge in [-0.2, -0.15) is 5.26 Å². The van der Waals surface area contributed by atoms with Crippen LogP contribution < -0.4 is 10.6 Å². The molecule has 0 saturated heterocycles. The zero-order chi connectivity index (χ0) is 13.1. The van der Waals surface area contributed by atoms with Crippen LogP contribution in [0.2, 0.25) is 0 Å². The van der Waals surface area contributed by atoms with Crippen molar-refractivity contribution in [2.75, 3.05) is 0 Å². The number of hydrogen-bond acceptors (Lipinski definition) is 4. The van der Waals surface area contributed by atoms with Crippen LogP contribution in [0.25, 0.3) is 0 Å². The number of amides is 1. The Labute approximate surface area is 116 Å². The predicted molar refractivity (Wildman–Crippen MR) is 75.5 cm³/mol. The number of nitrogens with zero attached hydrogens (tertiary/aromatic N) is 1. The van der Waals surface area contributed by atoms with Crippen LogP contribution in [0.1, 0.15) is 32.6 Å². The summed E-state index contributed by atoms with van der Waals surface area (Å²) in [6.07, 6.45) is 4.66. The van der Waals surface area contributed by atoms with E-state index in [0.29, 0.717) is 11.2 Å². The molecule has 0 bridgehead atoms. The molecule has 2 atom stereocenters. The molecule has 2 rings (SSSR count). The largest absolute Gasteiger partial charge is 0.326 e. The van der Waals surface area contributed by atoms with Crippen LogP contribution in [0.4, 0.5) is 0 Å². The summed E-state index contributed by atoms with van der Waals surface area (Å²) in [6.45, 7) is 1.41. The highest BCUT2D eigenvalue weighted by molar-refractivity contribution is 8.04. The summed E-state index contributed by atoms with van der Waals surface area (Å²) >= 11 is 6.72. The molecular formula is C12H15N3OS2.